The second-order valence-electron chi connectivity index (χ2n) is 4.00. The first-order valence-electron chi connectivity index (χ1n) is 5.59. The molecular formula is C13H7Cl2FN2O3. The van der Waals surface area contributed by atoms with E-state index in [-0.39, 0.29) is 10.6 Å². The number of rotatable bonds is 3. The lowest BCUT2D eigenvalue weighted by molar-refractivity contribution is -0.387. The second-order valence-corrected chi connectivity index (χ2v) is 4.85. The number of nitro benzene ring substituents is 1. The minimum Gasteiger partial charge on any atom is -0.322 e. The number of halogens is 3. The van der Waals surface area contributed by atoms with E-state index in [4.69, 9.17) is 23.2 Å². The fourth-order valence-corrected chi connectivity index (χ4v) is 1.95. The van der Waals surface area contributed by atoms with Gasteiger partial charge in [0.25, 0.3) is 5.91 Å². The van der Waals surface area contributed by atoms with E-state index >= 15 is 0 Å². The molecule has 0 aliphatic rings. The molecule has 1 N–H and O–H groups in total. The SMILES string of the molecule is O=C(Nc1ccc(Cl)cc1)c1cc([N+](=O)[O-])c(F)cc1Cl. The van der Waals surface area contributed by atoms with Crippen molar-refractivity contribution in [2.24, 2.45) is 0 Å². The molecule has 0 bridgehead atoms. The summed E-state index contributed by atoms with van der Waals surface area (Å²) in [7, 11) is 0. The van der Waals surface area contributed by atoms with Crippen LogP contribution in [0.3, 0.4) is 0 Å². The molecule has 0 saturated heterocycles. The van der Waals surface area contributed by atoms with Crippen molar-refractivity contribution in [3.05, 3.63) is 67.9 Å². The molecule has 0 aliphatic heterocycles. The zero-order chi connectivity index (χ0) is 15.6. The first-order valence-corrected chi connectivity index (χ1v) is 6.34. The van der Waals surface area contributed by atoms with Crippen molar-refractivity contribution in [2.45, 2.75) is 0 Å². The number of hydrogen-bond donors (Lipinski definition) is 1. The Balaban J connectivity index is 2.32. The lowest BCUT2D eigenvalue weighted by Gasteiger charge is -2.07. The van der Waals surface area contributed by atoms with Crippen LogP contribution < -0.4 is 5.32 Å². The van der Waals surface area contributed by atoms with Crippen LogP contribution in [-0.4, -0.2) is 10.8 Å². The number of carbonyl (C=O) groups is 1. The van der Waals surface area contributed by atoms with Crippen molar-refractivity contribution in [1.82, 2.24) is 0 Å². The third-order valence-electron chi connectivity index (χ3n) is 2.58. The number of carbonyl (C=O) groups excluding carboxylic acids is 1. The van der Waals surface area contributed by atoms with Crippen LogP contribution in [0.25, 0.3) is 0 Å². The predicted octanol–water partition coefficient (Wildman–Crippen LogP) is 4.29. The zero-order valence-corrected chi connectivity index (χ0v) is 11.8. The molecule has 1 amide bonds. The third kappa shape index (κ3) is 3.48. The summed E-state index contributed by atoms with van der Waals surface area (Å²) in [6.45, 7) is 0. The highest BCUT2D eigenvalue weighted by molar-refractivity contribution is 6.34. The maximum atomic E-state index is 13.3. The number of nitrogens with zero attached hydrogens (tertiary/aromatic N) is 1. The van der Waals surface area contributed by atoms with E-state index in [1.165, 1.54) is 0 Å². The van der Waals surface area contributed by atoms with Gasteiger partial charge >= 0.3 is 5.69 Å². The summed E-state index contributed by atoms with van der Waals surface area (Å²) in [6.07, 6.45) is 0. The van der Waals surface area contributed by atoms with Crippen molar-refractivity contribution < 1.29 is 14.1 Å². The summed E-state index contributed by atoms with van der Waals surface area (Å²) in [5, 5.41) is 13.4. The first kappa shape index (κ1) is 15.2. The molecule has 0 unspecified atom stereocenters. The number of benzene rings is 2. The van der Waals surface area contributed by atoms with E-state index in [0.717, 1.165) is 12.1 Å². The minimum absolute atomic E-state index is 0.195. The zero-order valence-electron chi connectivity index (χ0n) is 10.3. The molecule has 21 heavy (non-hydrogen) atoms. The molecule has 0 spiro atoms. The van der Waals surface area contributed by atoms with Crippen LogP contribution in [0.5, 0.6) is 0 Å². The Labute approximate surface area is 128 Å². The average molecular weight is 329 g/mol. The van der Waals surface area contributed by atoms with Gasteiger partial charge in [0.05, 0.1) is 15.5 Å². The van der Waals surface area contributed by atoms with Crippen LogP contribution in [0.2, 0.25) is 10.0 Å². The van der Waals surface area contributed by atoms with Gasteiger partial charge in [0.15, 0.2) is 0 Å². The standard InChI is InChI=1S/C13H7Cl2FN2O3/c14-7-1-3-8(4-2-7)17-13(19)9-5-12(18(20)21)11(16)6-10(9)15/h1-6H,(H,17,19). The van der Waals surface area contributed by atoms with Gasteiger partial charge in [0.1, 0.15) is 0 Å². The van der Waals surface area contributed by atoms with Gasteiger partial charge in [-0.05, 0) is 24.3 Å². The number of amides is 1. The smallest absolute Gasteiger partial charge is 0.305 e. The van der Waals surface area contributed by atoms with E-state index in [1.54, 1.807) is 24.3 Å². The van der Waals surface area contributed by atoms with Crippen molar-refractivity contribution in [3.8, 4) is 0 Å². The van der Waals surface area contributed by atoms with Gasteiger partial charge < -0.3 is 5.32 Å². The summed E-state index contributed by atoms with van der Waals surface area (Å²) >= 11 is 11.5. The molecule has 0 aromatic heterocycles. The normalized spacial score (nSPS) is 10.2. The molecule has 2 aromatic carbocycles. The fourth-order valence-electron chi connectivity index (χ4n) is 1.58. The van der Waals surface area contributed by atoms with E-state index in [2.05, 4.69) is 5.32 Å². The van der Waals surface area contributed by atoms with Crippen LogP contribution in [0.15, 0.2) is 36.4 Å². The van der Waals surface area contributed by atoms with Crippen LogP contribution >= 0.6 is 23.2 Å². The highest BCUT2D eigenvalue weighted by Gasteiger charge is 2.21. The summed E-state index contributed by atoms with van der Waals surface area (Å²) in [6, 6.07) is 7.75. The monoisotopic (exact) mass is 328 g/mol. The van der Waals surface area contributed by atoms with Crippen molar-refractivity contribution >= 4 is 40.5 Å². The Kier molecular flexibility index (Phi) is 4.40. The summed E-state index contributed by atoms with van der Waals surface area (Å²) < 4.78 is 13.3. The van der Waals surface area contributed by atoms with Crippen LogP contribution in [0.4, 0.5) is 15.8 Å². The van der Waals surface area contributed by atoms with E-state index in [9.17, 15) is 19.3 Å². The van der Waals surface area contributed by atoms with Gasteiger partial charge in [0.2, 0.25) is 5.82 Å². The molecule has 2 rings (SSSR count). The van der Waals surface area contributed by atoms with Crippen molar-refractivity contribution in [2.75, 3.05) is 5.32 Å². The molecule has 0 atom stereocenters. The van der Waals surface area contributed by atoms with Gasteiger partial charge in [-0.1, -0.05) is 23.2 Å². The van der Waals surface area contributed by atoms with E-state index in [0.29, 0.717) is 10.7 Å². The Morgan fingerprint density at radius 2 is 1.81 bits per heavy atom. The topological polar surface area (TPSA) is 72.2 Å². The molecule has 0 saturated carbocycles. The molecule has 0 radical (unpaired) electrons. The lowest BCUT2D eigenvalue weighted by Crippen LogP contribution is -2.13. The van der Waals surface area contributed by atoms with E-state index < -0.39 is 22.3 Å². The first-order chi connectivity index (χ1) is 9.88. The third-order valence-corrected chi connectivity index (χ3v) is 3.14. The van der Waals surface area contributed by atoms with Crippen LogP contribution in [-0.2, 0) is 0 Å². The molecular weight excluding hydrogens is 322 g/mol. The van der Waals surface area contributed by atoms with Crippen molar-refractivity contribution in [3.63, 3.8) is 0 Å². The predicted molar refractivity (Wildman–Crippen MR) is 77.5 cm³/mol. The van der Waals surface area contributed by atoms with Gasteiger partial charge in [-0.15, -0.1) is 0 Å². The molecule has 108 valence electrons. The van der Waals surface area contributed by atoms with Crippen LogP contribution in [0.1, 0.15) is 10.4 Å². The number of hydrogen-bond acceptors (Lipinski definition) is 3. The Bertz CT molecular complexity index is 720. The van der Waals surface area contributed by atoms with E-state index in [1.807, 2.05) is 0 Å². The van der Waals surface area contributed by atoms with Crippen LogP contribution in [0, 0.1) is 15.9 Å². The van der Waals surface area contributed by atoms with Gasteiger partial charge in [0, 0.05) is 22.8 Å². The summed E-state index contributed by atoms with van der Waals surface area (Å²) in [4.78, 5) is 21.8. The van der Waals surface area contributed by atoms with Gasteiger partial charge in [-0.25, -0.2) is 0 Å². The molecule has 5 nitrogen and oxygen atoms in total. The Morgan fingerprint density at radius 1 is 1.19 bits per heavy atom. The minimum atomic E-state index is -1.10. The number of nitrogens with one attached hydrogen (secondary N) is 1. The Hall–Kier alpha value is -2.18. The van der Waals surface area contributed by atoms with Gasteiger partial charge in [-0.3, -0.25) is 14.9 Å². The molecule has 8 heteroatoms. The quantitative estimate of drug-likeness (QED) is 0.674. The average Bonchev–Trinajstić information content (AvgIpc) is 2.40. The molecule has 2 aromatic rings. The highest BCUT2D eigenvalue weighted by atomic mass is 35.5. The van der Waals surface area contributed by atoms with Crippen molar-refractivity contribution in [1.29, 1.82) is 0 Å². The molecule has 0 fully saturated rings. The maximum Gasteiger partial charge on any atom is 0.305 e. The highest BCUT2D eigenvalue weighted by Crippen LogP contribution is 2.26. The summed E-state index contributed by atoms with van der Waals surface area (Å²) in [5.74, 6) is -1.79. The number of nitro groups is 1. The van der Waals surface area contributed by atoms with Gasteiger partial charge in [-0.2, -0.15) is 4.39 Å². The fraction of sp³-hybridized carbons (Fsp3) is 0. The maximum absolute atomic E-state index is 13.3. The number of anilines is 1. The largest absolute Gasteiger partial charge is 0.322 e. The molecule has 0 heterocycles. The Morgan fingerprint density at radius 3 is 2.38 bits per heavy atom. The summed E-state index contributed by atoms with van der Waals surface area (Å²) in [5.41, 5.74) is -0.590. The molecule has 0 aliphatic carbocycles. The lowest BCUT2D eigenvalue weighted by atomic mass is 10.1. The second kappa shape index (κ2) is 6.07.